The van der Waals surface area contributed by atoms with E-state index in [-0.39, 0.29) is 12.0 Å². The second-order valence-corrected chi connectivity index (χ2v) is 5.63. The van der Waals surface area contributed by atoms with Gasteiger partial charge in [-0.25, -0.2) is 0 Å². The fraction of sp³-hybridized carbons (Fsp3) is 0.350. The van der Waals surface area contributed by atoms with Crippen molar-refractivity contribution in [1.29, 1.82) is 0 Å². The molecule has 1 amide bonds. The van der Waals surface area contributed by atoms with E-state index in [1.807, 2.05) is 37.3 Å². The van der Waals surface area contributed by atoms with Crippen LogP contribution in [0.1, 0.15) is 35.4 Å². The van der Waals surface area contributed by atoms with Crippen LogP contribution >= 0.6 is 0 Å². The summed E-state index contributed by atoms with van der Waals surface area (Å²) < 4.78 is 16.2. The molecule has 0 radical (unpaired) electrons. The third-order valence-corrected chi connectivity index (χ3v) is 3.86. The molecule has 1 atom stereocenters. The van der Waals surface area contributed by atoms with Crippen LogP contribution in [0.5, 0.6) is 11.5 Å². The number of hydrogen-bond donors (Lipinski definition) is 1. The number of rotatable bonds is 9. The summed E-state index contributed by atoms with van der Waals surface area (Å²) in [5.41, 5.74) is 1.66. The highest BCUT2D eigenvalue weighted by molar-refractivity contribution is 5.95. The third kappa shape index (κ3) is 5.80. The predicted octanol–water partition coefficient (Wildman–Crippen LogP) is 3.60. The van der Waals surface area contributed by atoms with E-state index in [4.69, 9.17) is 14.2 Å². The van der Waals surface area contributed by atoms with Gasteiger partial charge in [-0.15, -0.1) is 0 Å². The van der Waals surface area contributed by atoms with Crippen LogP contribution < -0.4 is 14.8 Å². The van der Waals surface area contributed by atoms with Gasteiger partial charge in [0.25, 0.3) is 5.91 Å². The first-order valence-corrected chi connectivity index (χ1v) is 8.32. The van der Waals surface area contributed by atoms with Gasteiger partial charge in [0.05, 0.1) is 20.3 Å². The smallest absolute Gasteiger partial charge is 0.251 e. The molecule has 0 fully saturated rings. The van der Waals surface area contributed by atoms with E-state index in [2.05, 4.69) is 5.32 Å². The average Bonchev–Trinajstić information content (AvgIpc) is 2.67. The minimum absolute atomic E-state index is 0.0412. The van der Waals surface area contributed by atoms with E-state index >= 15 is 0 Å². The van der Waals surface area contributed by atoms with Crippen LogP contribution in [0.15, 0.2) is 48.5 Å². The van der Waals surface area contributed by atoms with Crippen LogP contribution in [-0.2, 0) is 4.74 Å². The Kier molecular flexibility index (Phi) is 7.29. The maximum atomic E-state index is 12.2. The van der Waals surface area contributed by atoms with Crippen molar-refractivity contribution < 1.29 is 19.0 Å². The maximum Gasteiger partial charge on any atom is 0.251 e. The number of ether oxygens (including phenoxy) is 3. The molecule has 0 aliphatic carbocycles. The van der Waals surface area contributed by atoms with Crippen molar-refractivity contribution >= 4 is 5.91 Å². The van der Waals surface area contributed by atoms with Crippen molar-refractivity contribution in [1.82, 2.24) is 5.32 Å². The van der Waals surface area contributed by atoms with Gasteiger partial charge < -0.3 is 19.5 Å². The topological polar surface area (TPSA) is 56.8 Å². The Bertz CT molecular complexity index is 650. The molecule has 5 heteroatoms. The number of nitrogens with one attached hydrogen (secondary N) is 1. The van der Waals surface area contributed by atoms with Crippen molar-refractivity contribution in [3.63, 3.8) is 0 Å². The van der Waals surface area contributed by atoms with Gasteiger partial charge in [-0.3, -0.25) is 4.79 Å². The average molecular weight is 343 g/mol. The Labute approximate surface area is 148 Å². The van der Waals surface area contributed by atoms with Gasteiger partial charge in [-0.2, -0.15) is 0 Å². The zero-order chi connectivity index (χ0) is 18.1. The number of methoxy groups -OCH3 is 2. The molecule has 0 aliphatic rings. The first-order valence-electron chi connectivity index (χ1n) is 8.32. The van der Waals surface area contributed by atoms with Gasteiger partial charge in [0, 0.05) is 24.8 Å². The minimum atomic E-state index is -0.159. The van der Waals surface area contributed by atoms with E-state index in [1.165, 1.54) is 0 Å². The summed E-state index contributed by atoms with van der Waals surface area (Å²) in [5, 5.41) is 2.89. The summed E-state index contributed by atoms with van der Waals surface area (Å²) in [4.78, 5) is 12.2. The predicted molar refractivity (Wildman–Crippen MR) is 97.3 cm³/mol. The SMILES string of the molecule is COc1cc(OC)cc(C(=O)NCCCOC(C)c2ccccc2)c1. The number of hydrogen-bond acceptors (Lipinski definition) is 4. The van der Waals surface area contributed by atoms with E-state index < -0.39 is 0 Å². The number of carbonyl (C=O) groups is 1. The fourth-order valence-electron chi connectivity index (χ4n) is 2.40. The number of benzene rings is 2. The summed E-state index contributed by atoms with van der Waals surface area (Å²) in [6, 6.07) is 15.2. The van der Waals surface area contributed by atoms with Crippen molar-refractivity contribution in [2.24, 2.45) is 0 Å². The quantitative estimate of drug-likeness (QED) is 0.707. The lowest BCUT2D eigenvalue weighted by Gasteiger charge is -2.13. The highest BCUT2D eigenvalue weighted by atomic mass is 16.5. The Morgan fingerprint density at radius 2 is 1.68 bits per heavy atom. The molecule has 2 rings (SSSR count). The Hall–Kier alpha value is -2.53. The molecule has 0 saturated carbocycles. The molecule has 1 unspecified atom stereocenters. The van der Waals surface area contributed by atoms with Crippen LogP contribution in [0.25, 0.3) is 0 Å². The third-order valence-electron chi connectivity index (χ3n) is 3.86. The monoisotopic (exact) mass is 343 g/mol. The first kappa shape index (κ1) is 18.8. The lowest BCUT2D eigenvalue weighted by atomic mass is 10.1. The Balaban J connectivity index is 1.75. The van der Waals surface area contributed by atoms with E-state index in [1.54, 1.807) is 32.4 Å². The van der Waals surface area contributed by atoms with Crippen LogP contribution in [0.2, 0.25) is 0 Å². The van der Waals surface area contributed by atoms with Crippen LogP contribution in [0.4, 0.5) is 0 Å². The summed E-state index contributed by atoms with van der Waals surface area (Å²) in [7, 11) is 3.11. The van der Waals surface area contributed by atoms with Crippen molar-refractivity contribution in [2.75, 3.05) is 27.4 Å². The van der Waals surface area contributed by atoms with Gasteiger partial charge in [0.1, 0.15) is 11.5 Å². The molecular formula is C20H25NO4. The highest BCUT2D eigenvalue weighted by Gasteiger charge is 2.10. The molecule has 0 spiro atoms. The normalized spacial score (nSPS) is 11.6. The highest BCUT2D eigenvalue weighted by Crippen LogP contribution is 2.22. The summed E-state index contributed by atoms with van der Waals surface area (Å²) in [6.45, 7) is 3.15. The van der Waals surface area contributed by atoms with Crippen molar-refractivity contribution in [2.45, 2.75) is 19.4 Å². The second-order valence-electron chi connectivity index (χ2n) is 5.63. The fourth-order valence-corrected chi connectivity index (χ4v) is 2.40. The Morgan fingerprint density at radius 1 is 1.04 bits per heavy atom. The molecule has 25 heavy (non-hydrogen) atoms. The van der Waals surface area contributed by atoms with E-state index in [9.17, 15) is 4.79 Å². The van der Waals surface area contributed by atoms with Crippen molar-refractivity contribution in [3.05, 3.63) is 59.7 Å². The Morgan fingerprint density at radius 3 is 2.28 bits per heavy atom. The molecule has 5 nitrogen and oxygen atoms in total. The molecule has 0 saturated heterocycles. The molecule has 2 aromatic rings. The van der Waals surface area contributed by atoms with Crippen molar-refractivity contribution in [3.8, 4) is 11.5 Å². The summed E-state index contributed by atoms with van der Waals surface area (Å²) in [6.07, 6.45) is 0.781. The van der Waals surface area contributed by atoms with Gasteiger partial charge in [-0.1, -0.05) is 30.3 Å². The van der Waals surface area contributed by atoms with Crippen LogP contribution in [-0.4, -0.2) is 33.3 Å². The van der Waals surface area contributed by atoms with Gasteiger partial charge in [-0.05, 0) is 31.0 Å². The standard InChI is InChI=1S/C20H25NO4/c1-15(16-8-5-4-6-9-16)25-11-7-10-21-20(22)17-12-18(23-2)14-19(13-17)24-3/h4-6,8-9,12-15H,7,10-11H2,1-3H3,(H,21,22). The largest absolute Gasteiger partial charge is 0.497 e. The first-order chi connectivity index (χ1) is 12.1. The molecule has 0 aromatic heterocycles. The number of carbonyl (C=O) groups excluding carboxylic acids is 1. The molecule has 0 heterocycles. The second kappa shape index (κ2) is 9.69. The molecule has 1 N–H and O–H groups in total. The lowest BCUT2D eigenvalue weighted by Crippen LogP contribution is -2.25. The van der Waals surface area contributed by atoms with Gasteiger partial charge in [0.15, 0.2) is 0 Å². The van der Waals surface area contributed by atoms with E-state index in [0.717, 1.165) is 12.0 Å². The molecule has 134 valence electrons. The lowest BCUT2D eigenvalue weighted by molar-refractivity contribution is 0.0635. The minimum Gasteiger partial charge on any atom is -0.497 e. The molecule has 0 bridgehead atoms. The van der Waals surface area contributed by atoms with Crippen LogP contribution in [0.3, 0.4) is 0 Å². The van der Waals surface area contributed by atoms with Gasteiger partial charge >= 0.3 is 0 Å². The van der Waals surface area contributed by atoms with Gasteiger partial charge in [0.2, 0.25) is 0 Å². The number of amides is 1. The zero-order valence-corrected chi connectivity index (χ0v) is 15.0. The summed E-state index contributed by atoms with van der Waals surface area (Å²) >= 11 is 0. The molecule has 2 aromatic carbocycles. The summed E-state index contributed by atoms with van der Waals surface area (Å²) in [5.74, 6) is 1.02. The maximum absolute atomic E-state index is 12.2. The zero-order valence-electron chi connectivity index (χ0n) is 15.0. The molecular weight excluding hydrogens is 318 g/mol. The van der Waals surface area contributed by atoms with E-state index in [0.29, 0.717) is 30.2 Å². The van der Waals surface area contributed by atoms with Crippen LogP contribution in [0, 0.1) is 0 Å². The molecule has 0 aliphatic heterocycles.